The van der Waals surface area contributed by atoms with Gasteiger partial charge < -0.3 is 5.32 Å². The molecular formula is C20H15FN4O. The van der Waals surface area contributed by atoms with Crippen LogP contribution in [-0.2, 0) is 0 Å². The Morgan fingerprint density at radius 1 is 0.962 bits per heavy atom. The molecule has 1 N–H and O–H groups in total. The van der Waals surface area contributed by atoms with Crippen molar-refractivity contribution in [2.75, 3.05) is 5.32 Å². The molecule has 0 saturated carbocycles. The number of fused-ring (bicyclic) bond motifs is 1. The maximum Gasteiger partial charge on any atom is 0.258 e. The van der Waals surface area contributed by atoms with Crippen LogP contribution >= 0.6 is 0 Å². The van der Waals surface area contributed by atoms with Gasteiger partial charge in [-0.1, -0.05) is 29.8 Å². The highest BCUT2D eigenvalue weighted by molar-refractivity contribution is 6.05. The summed E-state index contributed by atoms with van der Waals surface area (Å²) in [5.74, 6) is -1.07. The number of carbonyl (C=O) groups is 1. The minimum absolute atomic E-state index is 0.00379. The second-order valence-electron chi connectivity index (χ2n) is 5.96. The van der Waals surface area contributed by atoms with Crippen molar-refractivity contribution in [3.8, 4) is 5.69 Å². The molecular weight excluding hydrogens is 331 g/mol. The average Bonchev–Trinajstić information content (AvgIpc) is 3.06. The van der Waals surface area contributed by atoms with Crippen LogP contribution < -0.4 is 5.32 Å². The van der Waals surface area contributed by atoms with Gasteiger partial charge in [0.15, 0.2) is 0 Å². The Bertz CT molecular complexity index is 1100. The fourth-order valence-electron chi connectivity index (χ4n) is 2.63. The van der Waals surface area contributed by atoms with Gasteiger partial charge in [0, 0.05) is 5.69 Å². The molecule has 0 radical (unpaired) electrons. The van der Waals surface area contributed by atoms with Crippen molar-refractivity contribution in [2.24, 2.45) is 0 Å². The van der Waals surface area contributed by atoms with E-state index in [0.717, 1.165) is 11.3 Å². The zero-order valence-electron chi connectivity index (χ0n) is 14.0. The summed E-state index contributed by atoms with van der Waals surface area (Å²) in [5.41, 5.74) is 3.87. The fourth-order valence-corrected chi connectivity index (χ4v) is 2.63. The summed E-state index contributed by atoms with van der Waals surface area (Å²) in [5, 5.41) is 11.6. The molecule has 4 aromatic rings. The standard InChI is InChI=1S/C20H15FN4O/c1-13-6-9-15(10-7-13)25-23-18-11-8-14(12-19(18)24-25)22-20(26)16-4-2-3-5-17(16)21/h2-12H,1H3,(H,22,26). The first-order valence-corrected chi connectivity index (χ1v) is 8.10. The quantitative estimate of drug-likeness (QED) is 0.607. The van der Waals surface area contributed by atoms with Crippen LogP contribution in [0.5, 0.6) is 0 Å². The number of aromatic nitrogens is 3. The maximum atomic E-state index is 13.7. The lowest BCUT2D eigenvalue weighted by atomic mass is 10.2. The van der Waals surface area contributed by atoms with E-state index in [0.29, 0.717) is 16.7 Å². The van der Waals surface area contributed by atoms with Crippen LogP contribution in [0.2, 0.25) is 0 Å². The highest BCUT2D eigenvalue weighted by atomic mass is 19.1. The molecule has 0 aliphatic rings. The number of anilines is 1. The molecule has 0 aliphatic heterocycles. The van der Waals surface area contributed by atoms with E-state index in [9.17, 15) is 9.18 Å². The van der Waals surface area contributed by atoms with Gasteiger partial charge in [0.05, 0.1) is 11.3 Å². The minimum atomic E-state index is -0.559. The summed E-state index contributed by atoms with van der Waals surface area (Å²) < 4.78 is 13.7. The SMILES string of the molecule is Cc1ccc(-n2nc3ccc(NC(=O)c4ccccc4F)cc3n2)cc1. The Morgan fingerprint density at radius 2 is 1.69 bits per heavy atom. The lowest BCUT2D eigenvalue weighted by Crippen LogP contribution is -2.13. The Hall–Kier alpha value is -3.54. The number of halogens is 1. The van der Waals surface area contributed by atoms with Gasteiger partial charge in [-0.3, -0.25) is 4.79 Å². The number of hydrogen-bond acceptors (Lipinski definition) is 3. The van der Waals surface area contributed by atoms with Crippen molar-refractivity contribution in [2.45, 2.75) is 6.92 Å². The number of benzene rings is 3. The van der Waals surface area contributed by atoms with E-state index in [1.165, 1.54) is 12.1 Å². The highest BCUT2D eigenvalue weighted by Gasteiger charge is 2.12. The first kappa shape index (κ1) is 16.0. The van der Waals surface area contributed by atoms with E-state index >= 15 is 0 Å². The predicted molar refractivity (Wildman–Crippen MR) is 98.0 cm³/mol. The molecule has 128 valence electrons. The number of hydrogen-bond donors (Lipinski definition) is 1. The Balaban J connectivity index is 1.62. The van der Waals surface area contributed by atoms with E-state index < -0.39 is 11.7 Å². The maximum absolute atomic E-state index is 13.7. The molecule has 1 amide bonds. The Labute approximate surface area is 149 Å². The fraction of sp³-hybridized carbons (Fsp3) is 0.0500. The summed E-state index contributed by atoms with van der Waals surface area (Å²) >= 11 is 0. The van der Waals surface area contributed by atoms with Crippen LogP contribution in [0, 0.1) is 12.7 Å². The number of aryl methyl sites for hydroxylation is 1. The van der Waals surface area contributed by atoms with E-state index in [2.05, 4.69) is 15.5 Å². The van der Waals surface area contributed by atoms with Crippen molar-refractivity contribution < 1.29 is 9.18 Å². The van der Waals surface area contributed by atoms with Gasteiger partial charge >= 0.3 is 0 Å². The van der Waals surface area contributed by atoms with Gasteiger partial charge in [-0.25, -0.2) is 4.39 Å². The lowest BCUT2D eigenvalue weighted by molar-refractivity contribution is 0.102. The monoisotopic (exact) mass is 346 g/mol. The second kappa shape index (κ2) is 6.40. The van der Waals surface area contributed by atoms with Gasteiger partial charge in [-0.05, 0) is 49.4 Å². The van der Waals surface area contributed by atoms with Crippen molar-refractivity contribution in [3.05, 3.63) is 83.7 Å². The second-order valence-corrected chi connectivity index (χ2v) is 5.96. The van der Waals surface area contributed by atoms with Crippen LogP contribution in [0.25, 0.3) is 16.7 Å². The van der Waals surface area contributed by atoms with Crippen LogP contribution in [0.1, 0.15) is 15.9 Å². The Morgan fingerprint density at radius 3 is 2.46 bits per heavy atom. The first-order chi connectivity index (χ1) is 12.6. The number of amides is 1. The summed E-state index contributed by atoms with van der Waals surface area (Å²) in [7, 11) is 0. The van der Waals surface area contributed by atoms with Crippen LogP contribution in [0.3, 0.4) is 0 Å². The summed E-state index contributed by atoms with van der Waals surface area (Å²) in [6.45, 7) is 2.02. The molecule has 1 heterocycles. The van der Waals surface area contributed by atoms with Crippen molar-refractivity contribution >= 4 is 22.6 Å². The third-order valence-electron chi connectivity index (χ3n) is 4.02. The summed E-state index contributed by atoms with van der Waals surface area (Å²) in [4.78, 5) is 13.8. The van der Waals surface area contributed by atoms with Crippen LogP contribution in [-0.4, -0.2) is 20.9 Å². The summed E-state index contributed by atoms with van der Waals surface area (Å²) in [6.07, 6.45) is 0. The largest absolute Gasteiger partial charge is 0.322 e. The van der Waals surface area contributed by atoms with E-state index in [1.807, 2.05) is 31.2 Å². The molecule has 4 rings (SSSR count). The number of carbonyl (C=O) groups excluding carboxylic acids is 1. The van der Waals surface area contributed by atoms with E-state index in [-0.39, 0.29) is 5.56 Å². The van der Waals surface area contributed by atoms with Crippen molar-refractivity contribution in [3.63, 3.8) is 0 Å². The molecule has 6 heteroatoms. The molecule has 0 unspecified atom stereocenters. The van der Waals surface area contributed by atoms with Gasteiger partial charge in [-0.2, -0.15) is 4.80 Å². The smallest absolute Gasteiger partial charge is 0.258 e. The third-order valence-corrected chi connectivity index (χ3v) is 4.02. The number of rotatable bonds is 3. The van der Waals surface area contributed by atoms with Crippen LogP contribution in [0.15, 0.2) is 66.7 Å². The van der Waals surface area contributed by atoms with E-state index in [4.69, 9.17) is 0 Å². The highest BCUT2D eigenvalue weighted by Crippen LogP contribution is 2.19. The molecule has 1 aromatic heterocycles. The third kappa shape index (κ3) is 3.04. The number of nitrogens with one attached hydrogen (secondary N) is 1. The molecule has 3 aromatic carbocycles. The summed E-state index contributed by atoms with van der Waals surface area (Å²) in [6, 6.07) is 18.9. The zero-order chi connectivity index (χ0) is 18.1. The van der Waals surface area contributed by atoms with Crippen molar-refractivity contribution in [1.29, 1.82) is 0 Å². The molecule has 0 atom stereocenters. The zero-order valence-corrected chi connectivity index (χ0v) is 14.0. The van der Waals surface area contributed by atoms with Gasteiger partial charge in [0.1, 0.15) is 16.9 Å². The minimum Gasteiger partial charge on any atom is -0.322 e. The topological polar surface area (TPSA) is 59.8 Å². The lowest BCUT2D eigenvalue weighted by Gasteiger charge is -2.05. The van der Waals surface area contributed by atoms with Gasteiger partial charge in [0.2, 0.25) is 0 Å². The molecule has 0 bridgehead atoms. The van der Waals surface area contributed by atoms with Gasteiger partial charge in [0.25, 0.3) is 5.91 Å². The molecule has 5 nitrogen and oxygen atoms in total. The number of nitrogens with zero attached hydrogens (tertiary/aromatic N) is 3. The molecule has 0 saturated heterocycles. The predicted octanol–water partition coefficient (Wildman–Crippen LogP) is 4.12. The van der Waals surface area contributed by atoms with Crippen LogP contribution in [0.4, 0.5) is 10.1 Å². The molecule has 0 fully saturated rings. The molecule has 0 spiro atoms. The Kier molecular flexibility index (Phi) is 3.93. The first-order valence-electron chi connectivity index (χ1n) is 8.10. The van der Waals surface area contributed by atoms with Crippen molar-refractivity contribution in [1.82, 2.24) is 15.0 Å². The van der Waals surface area contributed by atoms with Gasteiger partial charge in [-0.15, -0.1) is 10.2 Å². The van der Waals surface area contributed by atoms with E-state index in [1.54, 1.807) is 35.1 Å². The molecule has 26 heavy (non-hydrogen) atoms. The normalized spacial score (nSPS) is 10.8. The average molecular weight is 346 g/mol. The molecule has 0 aliphatic carbocycles.